The third kappa shape index (κ3) is 9.40. The second kappa shape index (κ2) is 15.5. The highest BCUT2D eigenvalue weighted by atomic mass is 32.2. The third-order valence-electron chi connectivity index (χ3n) is 7.25. The molecule has 0 bridgehead atoms. The lowest BCUT2D eigenvalue weighted by molar-refractivity contribution is -0.121. The lowest BCUT2D eigenvalue weighted by Crippen LogP contribution is -2.22. The maximum Gasteiger partial charge on any atom is 0.220 e. The van der Waals surface area contributed by atoms with Crippen molar-refractivity contribution in [3.8, 4) is 5.75 Å². The van der Waals surface area contributed by atoms with E-state index < -0.39 is 0 Å². The number of methoxy groups -OCH3 is 1. The second-order valence-electron chi connectivity index (χ2n) is 10.6. The Kier molecular flexibility index (Phi) is 11.5. The normalized spacial score (nSPS) is 15.2. The van der Waals surface area contributed by atoms with Gasteiger partial charge in [0.15, 0.2) is 5.16 Å². The molecule has 1 unspecified atom stereocenters. The summed E-state index contributed by atoms with van der Waals surface area (Å²) in [6, 6.07) is 18.4. The van der Waals surface area contributed by atoms with Crippen molar-refractivity contribution in [2.45, 2.75) is 77.0 Å². The zero-order chi connectivity index (χ0) is 28.2. The Morgan fingerprint density at radius 3 is 2.62 bits per heavy atom. The molecular weight excluding hydrogens is 516 g/mol. The number of ether oxygens (including phenoxy) is 1. The molecule has 7 heteroatoms. The van der Waals surface area contributed by atoms with Crippen molar-refractivity contribution in [2.24, 2.45) is 5.92 Å². The quantitative estimate of drug-likeness (QED) is 0.171. The van der Waals surface area contributed by atoms with Crippen LogP contribution in [0.3, 0.4) is 0 Å². The smallest absolute Gasteiger partial charge is 0.220 e. The fourth-order valence-electron chi connectivity index (χ4n) is 4.98. The molecule has 2 aromatic carbocycles. The van der Waals surface area contributed by atoms with Gasteiger partial charge in [-0.15, -0.1) is 10.2 Å². The van der Waals surface area contributed by atoms with Crippen LogP contribution in [0, 0.1) is 5.92 Å². The molecule has 0 aliphatic heterocycles. The van der Waals surface area contributed by atoms with E-state index in [1.54, 1.807) is 18.9 Å². The van der Waals surface area contributed by atoms with Crippen molar-refractivity contribution in [1.29, 1.82) is 0 Å². The topological polar surface area (TPSA) is 69.0 Å². The van der Waals surface area contributed by atoms with Crippen LogP contribution in [-0.2, 0) is 30.7 Å². The largest absolute Gasteiger partial charge is 0.497 e. The van der Waals surface area contributed by atoms with Crippen LogP contribution in [0.1, 0.15) is 62.9 Å². The molecule has 6 nitrogen and oxygen atoms in total. The van der Waals surface area contributed by atoms with Crippen LogP contribution in [0.2, 0.25) is 0 Å². The lowest BCUT2D eigenvalue weighted by atomic mass is 10.0. The molecule has 0 saturated carbocycles. The number of aromatic nitrogens is 3. The van der Waals surface area contributed by atoms with Gasteiger partial charge in [-0.3, -0.25) is 4.79 Å². The molecule has 0 saturated heterocycles. The van der Waals surface area contributed by atoms with Crippen LogP contribution in [0.25, 0.3) is 0 Å². The predicted octanol–water partition coefficient (Wildman–Crippen LogP) is 6.95. The number of amides is 1. The first-order valence-electron chi connectivity index (χ1n) is 14.4. The number of carbonyl (C=O) groups excluding carboxylic acids is 1. The summed E-state index contributed by atoms with van der Waals surface area (Å²) in [7, 11) is 1.65. The number of nitrogens with one attached hydrogen (secondary N) is 1. The van der Waals surface area contributed by atoms with E-state index in [9.17, 15) is 4.79 Å². The minimum absolute atomic E-state index is 0.0768. The first-order valence-corrected chi connectivity index (χ1v) is 15.3. The van der Waals surface area contributed by atoms with Gasteiger partial charge >= 0.3 is 0 Å². The van der Waals surface area contributed by atoms with E-state index in [1.807, 2.05) is 24.3 Å². The number of aryl methyl sites for hydroxylation is 2. The highest BCUT2D eigenvalue weighted by molar-refractivity contribution is 7.99. The number of benzene rings is 2. The number of unbranched alkanes of at least 4 members (excludes halogenated alkanes) is 1. The number of nitrogens with zero attached hydrogens (tertiary/aromatic N) is 3. The Balaban J connectivity index is 1.30. The Hall–Kier alpha value is -3.32. The van der Waals surface area contributed by atoms with Gasteiger partial charge in [0.1, 0.15) is 11.6 Å². The molecule has 1 heterocycles. The zero-order valence-electron chi connectivity index (χ0n) is 24.1. The first kappa shape index (κ1) is 29.7. The van der Waals surface area contributed by atoms with Crippen LogP contribution >= 0.6 is 11.8 Å². The van der Waals surface area contributed by atoms with Gasteiger partial charge in [-0.2, -0.15) is 0 Å². The number of hydrogen-bond donors (Lipinski definition) is 1. The summed E-state index contributed by atoms with van der Waals surface area (Å²) < 4.78 is 7.49. The molecule has 212 valence electrons. The van der Waals surface area contributed by atoms with Gasteiger partial charge in [-0.1, -0.05) is 84.4 Å². The molecular formula is C33H42N4O2S. The fraction of sp³-hybridized carbons (Fsp3) is 0.424. The Morgan fingerprint density at radius 2 is 1.85 bits per heavy atom. The zero-order valence-corrected chi connectivity index (χ0v) is 24.9. The van der Waals surface area contributed by atoms with Gasteiger partial charge in [-0.05, 0) is 68.2 Å². The maximum absolute atomic E-state index is 12.4. The summed E-state index contributed by atoms with van der Waals surface area (Å²) >= 11 is 1.79. The molecule has 40 heavy (non-hydrogen) atoms. The van der Waals surface area contributed by atoms with Crippen molar-refractivity contribution >= 4 is 17.7 Å². The minimum Gasteiger partial charge on any atom is -0.497 e. The van der Waals surface area contributed by atoms with E-state index in [0.29, 0.717) is 18.9 Å². The molecule has 1 atom stereocenters. The molecule has 1 amide bonds. The average Bonchev–Trinajstić information content (AvgIpc) is 3.27. The van der Waals surface area contributed by atoms with Gasteiger partial charge in [0, 0.05) is 31.7 Å². The summed E-state index contributed by atoms with van der Waals surface area (Å²) in [5.74, 6) is 3.47. The van der Waals surface area contributed by atoms with E-state index >= 15 is 0 Å². The summed E-state index contributed by atoms with van der Waals surface area (Å²) in [5, 5.41) is 13.2. The van der Waals surface area contributed by atoms with Crippen molar-refractivity contribution < 1.29 is 9.53 Å². The van der Waals surface area contributed by atoms with Gasteiger partial charge < -0.3 is 14.6 Å². The van der Waals surface area contributed by atoms with Crippen molar-refractivity contribution in [3.05, 3.63) is 94.8 Å². The van der Waals surface area contributed by atoms with E-state index in [1.165, 1.54) is 23.1 Å². The summed E-state index contributed by atoms with van der Waals surface area (Å²) in [5.41, 5.74) is 5.21. The van der Waals surface area contributed by atoms with Gasteiger partial charge in [-0.25, -0.2) is 0 Å². The molecule has 0 spiro atoms. The van der Waals surface area contributed by atoms with Gasteiger partial charge in [0.25, 0.3) is 0 Å². The molecule has 4 rings (SSSR count). The Morgan fingerprint density at radius 1 is 1.05 bits per heavy atom. The van der Waals surface area contributed by atoms with E-state index in [2.05, 4.69) is 76.4 Å². The average molecular weight is 559 g/mol. The minimum atomic E-state index is 0.0768. The Bertz CT molecular complexity index is 1280. The number of carbonyl (C=O) groups is 1. The van der Waals surface area contributed by atoms with E-state index in [4.69, 9.17) is 4.74 Å². The summed E-state index contributed by atoms with van der Waals surface area (Å²) in [4.78, 5) is 12.4. The van der Waals surface area contributed by atoms with Crippen molar-refractivity contribution in [1.82, 2.24) is 20.1 Å². The molecule has 0 fully saturated rings. The highest BCUT2D eigenvalue weighted by Crippen LogP contribution is 2.27. The fourth-order valence-corrected chi connectivity index (χ4v) is 5.97. The monoisotopic (exact) mass is 558 g/mol. The number of rotatable bonds is 14. The van der Waals surface area contributed by atoms with Crippen LogP contribution < -0.4 is 10.1 Å². The second-order valence-corrected chi connectivity index (χ2v) is 11.6. The van der Waals surface area contributed by atoms with Crippen molar-refractivity contribution in [2.75, 3.05) is 12.9 Å². The summed E-state index contributed by atoms with van der Waals surface area (Å²) in [6.07, 6.45) is 11.0. The van der Waals surface area contributed by atoms with E-state index in [0.717, 1.165) is 66.7 Å². The van der Waals surface area contributed by atoms with Gasteiger partial charge in [0.2, 0.25) is 5.91 Å². The van der Waals surface area contributed by atoms with Crippen LogP contribution in [0.15, 0.2) is 83.1 Å². The molecule has 3 aromatic rings. The standard InChI is InChI=1S/C33H42N4O2S/c1-25-13-14-29(22-26(2)21-25)24-40-33-36-35-31(37(33)20-19-27-9-5-4-6-10-27)11-7-8-12-32(38)34-23-28-15-17-30(39-3)18-16-28/h4-6,9-10,15-18,21-22,25H,7-8,11-14,19-20,23-24H2,1-3H3,(H,34,38). The molecule has 1 aromatic heterocycles. The van der Waals surface area contributed by atoms with Gasteiger partial charge in [0.05, 0.1) is 7.11 Å². The highest BCUT2D eigenvalue weighted by Gasteiger charge is 2.15. The number of hydrogen-bond acceptors (Lipinski definition) is 5. The SMILES string of the molecule is COc1ccc(CNC(=O)CCCCc2nnc(SCC3=CC(C)=CC(C)CC3)n2CCc2ccccc2)cc1. The molecule has 1 aliphatic carbocycles. The molecule has 0 radical (unpaired) electrons. The Labute approximate surface area is 243 Å². The lowest BCUT2D eigenvalue weighted by Gasteiger charge is -2.12. The molecule has 1 aliphatic rings. The first-order chi connectivity index (χ1) is 19.5. The van der Waals surface area contributed by atoms with Crippen molar-refractivity contribution in [3.63, 3.8) is 0 Å². The van der Waals surface area contributed by atoms with Crippen LogP contribution in [-0.4, -0.2) is 33.5 Å². The third-order valence-corrected chi connectivity index (χ3v) is 8.33. The van der Waals surface area contributed by atoms with Crippen LogP contribution in [0.5, 0.6) is 5.75 Å². The molecule has 1 N–H and O–H groups in total. The van der Waals surface area contributed by atoms with Crippen LogP contribution in [0.4, 0.5) is 0 Å². The summed E-state index contributed by atoms with van der Waals surface area (Å²) in [6.45, 7) is 5.88. The van der Waals surface area contributed by atoms with E-state index in [-0.39, 0.29) is 5.91 Å². The number of thioether (sulfide) groups is 1. The number of allylic oxidation sites excluding steroid dienone is 3. The maximum atomic E-state index is 12.4. The predicted molar refractivity (Wildman–Crippen MR) is 164 cm³/mol.